The van der Waals surface area contributed by atoms with E-state index in [1.54, 1.807) is 13.0 Å². The van der Waals surface area contributed by atoms with Crippen LogP contribution in [0.4, 0.5) is 8.78 Å². The molecule has 0 amide bonds. The Morgan fingerprint density at radius 3 is 2.85 bits per heavy atom. The van der Waals surface area contributed by atoms with E-state index in [-0.39, 0.29) is 0 Å². The molecule has 0 saturated heterocycles. The van der Waals surface area contributed by atoms with Crippen LogP contribution >= 0.6 is 11.6 Å². The maximum absolute atomic E-state index is 11.7. The van der Waals surface area contributed by atoms with Crippen molar-refractivity contribution < 1.29 is 13.5 Å². The summed E-state index contributed by atoms with van der Waals surface area (Å²) < 4.78 is 28.2. The van der Waals surface area contributed by atoms with E-state index in [0.717, 1.165) is 0 Å². The molecule has 1 aromatic heterocycles. The topological polar surface area (TPSA) is 22.1 Å². The van der Waals surface area contributed by atoms with Crippen LogP contribution < -0.4 is 4.74 Å². The van der Waals surface area contributed by atoms with E-state index in [1.807, 2.05) is 0 Å². The molecule has 0 aromatic carbocycles. The van der Waals surface area contributed by atoms with Gasteiger partial charge in [-0.25, -0.2) is 13.8 Å². The van der Waals surface area contributed by atoms with Crippen molar-refractivity contribution in [2.24, 2.45) is 0 Å². The van der Waals surface area contributed by atoms with Crippen LogP contribution in [0.2, 0.25) is 5.15 Å². The van der Waals surface area contributed by atoms with Crippen molar-refractivity contribution in [3.05, 3.63) is 23.0 Å². The maximum Gasteiger partial charge on any atom is 0.272 e. The van der Waals surface area contributed by atoms with E-state index in [2.05, 4.69) is 4.98 Å². The Morgan fingerprint density at radius 2 is 2.31 bits per heavy atom. The predicted molar refractivity (Wildman–Crippen MR) is 45.5 cm³/mol. The molecule has 13 heavy (non-hydrogen) atoms. The van der Waals surface area contributed by atoms with Crippen LogP contribution in [-0.2, 0) is 0 Å². The minimum absolute atomic E-state index is 0.308. The predicted octanol–water partition coefficient (Wildman–Crippen LogP) is 2.69. The Hall–Kier alpha value is -0.900. The van der Waals surface area contributed by atoms with E-state index in [0.29, 0.717) is 16.5 Å². The number of ether oxygens (including phenoxy) is 1. The highest BCUT2D eigenvalue weighted by Crippen LogP contribution is 2.18. The summed E-state index contributed by atoms with van der Waals surface area (Å²) in [6.07, 6.45) is -1.16. The first-order valence-corrected chi connectivity index (χ1v) is 4.00. The third kappa shape index (κ3) is 3.14. The first-order chi connectivity index (χ1) is 6.09. The summed E-state index contributed by atoms with van der Waals surface area (Å²) in [6, 6.07) is 1.57. The van der Waals surface area contributed by atoms with Crippen LogP contribution in [-0.4, -0.2) is 18.0 Å². The molecule has 0 aliphatic rings. The monoisotopic (exact) mass is 207 g/mol. The van der Waals surface area contributed by atoms with Gasteiger partial charge in [-0.05, 0) is 18.6 Å². The van der Waals surface area contributed by atoms with Gasteiger partial charge < -0.3 is 4.74 Å². The van der Waals surface area contributed by atoms with Crippen LogP contribution in [0.15, 0.2) is 12.3 Å². The Labute approximate surface area is 79.5 Å². The number of hydrogen-bond acceptors (Lipinski definition) is 2. The molecule has 2 nitrogen and oxygen atoms in total. The molecule has 0 aliphatic heterocycles. The third-order valence-corrected chi connectivity index (χ3v) is 1.76. The Bertz CT molecular complexity index is 293. The molecule has 5 heteroatoms. The van der Waals surface area contributed by atoms with Crippen LogP contribution in [0.5, 0.6) is 5.75 Å². The molecule has 0 aliphatic carbocycles. The fraction of sp³-hybridized carbons (Fsp3) is 0.375. The number of alkyl halides is 2. The summed E-state index contributed by atoms with van der Waals surface area (Å²) in [6.45, 7) is 1.10. The lowest BCUT2D eigenvalue weighted by Gasteiger charge is -2.05. The lowest BCUT2D eigenvalue weighted by molar-refractivity contribution is 0.0817. The van der Waals surface area contributed by atoms with Gasteiger partial charge >= 0.3 is 0 Å². The summed E-state index contributed by atoms with van der Waals surface area (Å²) in [5.41, 5.74) is 0.702. The number of aromatic nitrogens is 1. The second kappa shape index (κ2) is 4.37. The van der Waals surface area contributed by atoms with Crippen LogP contribution in [0, 0.1) is 6.92 Å². The molecule has 1 rings (SSSR count). The smallest absolute Gasteiger partial charge is 0.272 e. The molecule has 0 bridgehead atoms. The normalized spacial score (nSPS) is 10.5. The Balaban J connectivity index is 2.63. The second-order valence-corrected chi connectivity index (χ2v) is 2.84. The van der Waals surface area contributed by atoms with Crippen molar-refractivity contribution >= 4 is 11.6 Å². The number of halogens is 3. The summed E-state index contributed by atoms with van der Waals surface area (Å²) in [4.78, 5) is 3.75. The third-order valence-electron chi connectivity index (χ3n) is 1.37. The minimum Gasteiger partial charge on any atom is -0.486 e. The molecule has 1 aromatic rings. The van der Waals surface area contributed by atoms with Gasteiger partial charge in [-0.3, -0.25) is 0 Å². The van der Waals surface area contributed by atoms with E-state index in [1.165, 1.54) is 6.20 Å². The van der Waals surface area contributed by atoms with Gasteiger partial charge in [0.25, 0.3) is 6.43 Å². The van der Waals surface area contributed by atoms with E-state index in [4.69, 9.17) is 16.3 Å². The molecule has 0 spiro atoms. The number of pyridine rings is 1. The lowest BCUT2D eigenvalue weighted by Crippen LogP contribution is -2.07. The summed E-state index contributed by atoms with van der Waals surface area (Å²) in [5, 5.41) is 0.351. The van der Waals surface area contributed by atoms with Crippen LogP contribution in [0.3, 0.4) is 0 Å². The average molecular weight is 208 g/mol. The summed E-state index contributed by atoms with van der Waals surface area (Å²) in [7, 11) is 0. The van der Waals surface area contributed by atoms with Crippen molar-refractivity contribution in [3.63, 3.8) is 0 Å². The van der Waals surface area contributed by atoms with Crippen molar-refractivity contribution in [3.8, 4) is 5.75 Å². The highest BCUT2D eigenvalue weighted by atomic mass is 35.5. The zero-order valence-corrected chi connectivity index (χ0v) is 7.68. The molecule has 0 fully saturated rings. The molecule has 72 valence electrons. The highest BCUT2D eigenvalue weighted by Gasteiger charge is 2.04. The van der Waals surface area contributed by atoms with E-state index >= 15 is 0 Å². The van der Waals surface area contributed by atoms with Crippen molar-refractivity contribution in [1.29, 1.82) is 0 Å². The first kappa shape index (κ1) is 10.2. The van der Waals surface area contributed by atoms with Crippen molar-refractivity contribution in [1.82, 2.24) is 4.98 Å². The molecular weight excluding hydrogens is 200 g/mol. The van der Waals surface area contributed by atoms with Gasteiger partial charge in [-0.2, -0.15) is 0 Å². The van der Waals surface area contributed by atoms with Crippen molar-refractivity contribution in [2.45, 2.75) is 13.3 Å². The second-order valence-electron chi connectivity index (χ2n) is 2.48. The molecule has 1 heterocycles. The zero-order chi connectivity index (χ0) is 9.84. The molecular formula is C8H8ClF2NO. The molecule has 0 radical (unpaired) electrons. The lowest BCUT2D eigenvalue weighted by atomic mass is 10.3. The van der Waals surface area contributed by atoms with E-state index < -0.39 is 13.0 Å². The summed E-state index contributed by atoms with van der Waals surface area (Å²) in [5.74, 6) is 0.308. The number of rotatable bonds is 3. The standard InChI is InChI=1S/C8H8ClF2NO/c1-5-2-6(3-12-8(5)9)13-4-7(10)11/h2-3,7H,4H2,1H3. The highest BCUT2D eigenvalue weighted by molar-refractivity contribution is 6.30. The number of nitrogens with zero attached hydrogens (tertiary/aromatic N) is 1. The Kier molecular flexibility index (Phi) is 3.42. The van der Waals surface area contributed by atoms with Gasteiger partial charge in [0.1, 0.15) is 17.5 Å². The van der Waals surface area contributed by atoms with Crippen molar-refractivity contribution in [2.75, 3.05) is 6.61 Å². The molecule has 0 unspecified atom stereocenters. The largest absolute Gasteiger partial charge is 0.486 e. The molecule has 0 atom stereocenters. The number of aryl methyl sites for hydroxylation is 1. The average Bonchev–Trinajstić information content (AvgIpc) is 2.07. The fourth-order valence-electron chi connectivity index (χ4n) is 0.770. The SMILES string of the molecule is Cc1cc(OCC(F)F)cnc1Cl. The zero-order valence-electron chi connectivity index (χ0n) is 6.93. The van der Waals surface area contributed by atoms with Crippen LogP contribution in [0.25, 0.3) is 0 Å². The van der Waals surface area contributed by atoms with Gasteiger partial charge in [-0.15, -0.1) is 0 Å². The first-order valence-electron chi connectivity index (χ1n) is 3.62. The Morgan fingerprint density at radius 1 is 1.62 bits per heavy atom. The van der Waals surface area contributed by atoms with Gasteiger partial charge in [0.15, 0.2) is 0 Å². The van der Waals surface area contributed by atoms with Gasteiger partial charge in [-0.1, -0.05) is 11.6 Å². The number of hydrogen-bond donors (Lipinski definition) is 0. The molecule has 0 saturated carbocycles. The van der Waals surface area contributed by atoms with Crippen LogP contribution in [0.1, 0.15) is 5.56 Å². The van der Waals surface area contributed by atoms with E-state index in [9.17, 15) is 8.78 Å². The quantitative estimate of drug-likeness (QED) is 0.711. The van der Waals surface area contributed by atoms with Gasteiger partial charge in [0, 0.05) is 0 Å². The van der Waals surface area contributed by atoms with Gasteiger partial charge in [0.05, 0.1) is 6.20 Å². The minimum atomic E-state index is -2.48. The van der Waals surface area contributed by atoms with Gasteiger partial charge in [0.2, 0.25) is 0 Å². The fourth-order valence-corrected chi connectivity index (χ4v) is 0.874. The molecule has 0 N–H and O–H groups in total. The summed E-state index contributed by atoms with van der Waals surface area (Å²) >= 11 is 5.63. The maximum atomic E-state index is 11.7.